The highest BCUT2D eigenvalue weighted by Crippen LogP contribution is 2.66. The van der Waals surface area contributed by atoms with Crippen LogP contribution in [0.5, 0.6) is 0 Å². The molecule has 4 fully saturated rings. The fourth-order valence-electron chi connectivity index (χ4n) is 13.6. The minimum absolute atomic E-state index is 0.117. The van der Waals surface area contributed by atoms with Gasteiger partial charge in [-0.15, -0.1) is 0 Å². The van der Waals surface area contributed by atoms with E-state index in [0.29, 0.717) is 23.0 Å². The molecule has 2 unspecified atom stereocenters. The van der Waals surface area contributed by atoms with E-state index in [9.17, 15) is 5.26 Å². The van der Waals surface area contributed by atoms with Crippen molar-refractivity contribution >= 4 is 10.8 Å². The number of rotatable bonds is 7. The molecular formula is C63H50N4. The van der Waals surface area contributed by atoms with E-state index in [0.717, 1.165) is 50.4 Å². The molecule has 0 aliphatic heterocycles. The van der Waals surface area contributed by atoms with Gasteiger partial charge in [0.05, 0.1) is 11.6 Å². The van der Waals surface area contributed by atoms with Crippen molar-refractivity contribution in [3.63, 3.8) is 0 Å². The number of aromatic nitrogens is 3. The molecule has 8 aromatic carbocycles. The zero-order chi connectivity index (χ0) is 44.9. The molecule has 322 valence electrons. The number of benzene rings is 8. The largest absolute Gasteiger partial charge is 0.208 e. The monoisotopic (exact) mass is 862 g/mol. The van der Waals surface area contributed by atoms with Crippen LogP contribution in [0.1, 0.15) is 80.2 Å². The van der Waals surface area contributed by atoms with Crippen molar-refractivity contribution in [1.82, 2.24) is 15.0 Å². The Kier molecular flexibility index (Phi) is 8.94. The summed E-state index contributed by atoms with van der Waals surface area (Å²) in [6.07, 6.45) is 7.69. The van der Waals surface area contributed by atoms with E-state index in [4.69, 9.17) is 15.0 Å². The Morgan fingerprint density at radius 2 is 0.910 bits per heavy atom. The third-order valence-corrected chi connectivity index (χ3v) is 16.4. The summed E-state index contributed by atoms with van der Waals surface area (Å²) < 4.78 is 0. The smallest absolute Gasteiger partial charge is 0.164 e. The Morgan fingerprint density at radius 1 is 0.433 bits per heavy atom. The van der Waals surface area contributed by atoms with Gasteiger partial charge in [-0.2, -0.15) is 5.26 Å². The predicted molar refractivity (Wildman–Crippen MR) is 271 cm³/mol. The van der Waals surface area contributed by atoms with E-state index in [2.05, 4.69) is 178 Å². The zero-order valence-electron chi connectivity index (χ0n) is 38.0. The number of fused-ring (bicyclic) bond motifs is 4. The van der Waals surface area contributed by atoms with Crippen LogP contribution >= 0.6 is 0 Å². The summed E-state index contributed by atoms with van der Waals surface area (Å²) in [7, 11) is 0. The zero-order valence-corrected chi connectivity index (χ0v) is 38.0. The third kappa shape index (κ3) is 6.43. The van der Waals surface area contributed by atoms with Gasteiger partial charge >= 0.3 is 0 Å². The normalized spacial score (nSPS) is 21.7. The average molecular weight is 863 g/mol. The summed E-state index contributed by atoms with van der Waals surface area (Å²) >= 11 is 0. The van der Waals surface area contributed by atoms with Crippen LogP contribution in [0.25, 0.3) is 78.3 Å². The van der Waals surface area contributed by atoms with Gasteiger partial charge in [0.25, 0.3) is 0 Å². The van der Waals surface area contributed by atoms with Crippen molar-refractivity contribution in [2.75, 3.05) is 0 Å². The van der Waals surface area contributed by atoms with E-state index in [1.165, 1.54) is 83.0 Å². The van der Waals surface area contributed by atoms with Crippen LogP contribution in [-0.2, 0) is 16.2 Å². The van der Waals surface area contributed by atoms with Crippen LogP contribution in [0, 0.1) is 23.2 Å². The molecule has 1 aromatic heterocycles. The van der Waals surface area contributed by atoms with Crippen molar-refractivity contribution in [2.24, 2.45) is 11.8 Å². The maximum absolute atomic E-state index is 9.69. The molecule has 4 heteroatoms. The van der Waals surface area contributed by atoms with Gasteiger partial charge in [0.1, 0.15) is 0 Å². The molecule has 0 radical (unpaired) electrons. The van der Waals surface area contributed by atoms with Gasteiger partial charge in [0.2, 0.25) is 0 Å². The lowest BCUT2D eigenvalue weighted by molar-refractivity contribution is -0.0281. The number of hydrogen-bond acceptors (Lipinski definition) is 4. The van der Waals surface area contributed by atoms with Gasteiger partial charge in [-0.25, -0.2) is 15.0 Å². The summed E-state index contributed by atoms with van der Waals surface area (Å²) in [5.74, 6) is 3.59. The Morgan fingerprint density at radius 3 is 1.55 bits per heavy atom. The van der Waals surface area contributed by atoms with E-state index in [-0.39, 0.29) is 16.2 Å². The van der Waals surface area contributed by atoms with Crippen LogP contribution in [-0.4, -0.2) is 15.0 Å². The Bertz CT molecular complexity index is 3440. The molecule has 0 saturated heterocycles. The first-order valence-corrected chi connectivity index (χ1v) is 24.1. The van der Waals surface area contributed by atoms with Crippen molar-refractivity contribution in [1.29, 1.82) is 5.26 Å². The molecule has 4 saturated carbocycles. The molecule has 5 aliphatic rings. The van der Waals surface area contributed by atoms with E-state index < -0.39 is 0 Å². The topological polar surface area (TPSA) is 62.5 Å². The van der Waals surface area contributed by atoms with Crippen molar-refractivity contribution < 1.29 is 0 Å². The summed E-state index contributed by atoms with van der Waals surface area (Å²) in [5.41, 5.74) is 17.0. The van der Waals surface area contributed by atoms with Crippen molar-refractivity contribution in [3.05, 3.63) is 210 Å². The summed E-state index contributed by atoms with van der Waals surface area (Å²) in [6.45, 7) is 4.64. The highest BCUT2D eigenvalue weighted by Gasteiger charge is 2.58. The number of nitrogens with zero attached hydrogens (tertiary/aromatic N) is 4. The maximum Gasteiger partial charge on any atom is 0.164 e. The molecule has 0 amide bonds. The van der Waals surface area contributed by atoms with Gasteiger partial charge in [-0.1, -0.05) is 184 Å². The minimum atomic E-state index is -0.117. The number of nitriles is 1. The predicted octanol–water partition coefficient (Wildman–Crippen LogP) is 15.3. The van der Waals surface area contributed by atoms with Crippen LogP contribution in [0.3, 0.4) is 0 Å². The lowest BCUT2D eigenvalue weighted by atomic mass is 9.41. The van der Waals surface area contributed by atoms with Gasteiger partial charge in [-0.05, 0) is 134 Å². The van der Waals surface area contributed by atoms with Gasteiger partial charge in [-0.3, -0.25) is 0 Å². The SMILES string of the molecule is CC1(C)c2ccccc2-c2ccc(-c3nc(-c4ccccc4)nc(-c4ccc(C56CC7CC(CC(c8ccc(-c9ccc(-c%10ccc(C#N)c%11ccccc%10%11)cc9)cc8)(C7)C5)C6)cc4)n3)cc21. The maximum atomic E-state index is 9.69. The molecular weight excluding hydrogens is 813 g/mol. The first-order chi connectivity index (χ1) is 32.8. The second-order valence-corrected chi connectivity index (χ2v) is 20.7. The summed E-state index contributed by atoms with van der Waals surface area (Å²) in [6, 6.07) is 68.4. The quantitative estimate of drug-likeness (QED) is 0.160. The van der Waals surface area contributed by atoms with E-state index in [1.807, 2.05) is 24.3 Å². The Labute approximate surface area is 393 Å². The molecule has 67 heavy (non-hydrogen) atoms. The average Bonchev–Trinajstić information content (AvgIpc) is 3.61. The number of hydrogen-bond donors (Lipinski definition) is 0. The summed E-state index contributed by atoms with van der Waals surface area (Å²) in [5, 5.41) is 11.8. The van der Waals surface area contributed by atoms with Gasteiger partial charge in [0, 0.05) is 27.5 Å². The van der Waals surface area contributed by atoms with Gasteiger partial charge < -0.3 is 0 Å². The Hall–Kier alpha value is -7.48. The van der Waals surface area contributed by atoms with E-state index in [1.54, 1.807) is 0 Å². The standard InChI is InChI=1S/C63H50N4/c1-61(2)56-15-9-8-14-54(56)55-31-24-47(33-57(55)61)60-66-58(45-10-4-3-5-11-45)65-59(67-60)46-22-28-50(29-23-46)63-36-40-32-41(37-63)35-62(34-40,39-63)49-26-20-43(21-27-49)42-16-18-44(19-17-42)52-30-25-48(38-64)51-12-6-7-13-53(51)52/h3-31,33,40-41H,32,34-37,39H2,1-2H3. The fourth-order valence-corrected chi connectivity index (χ4v) is 13.6. The summed E-state index contributed by atoms with van der Waals surface area (Å²) in [4.78, 5) is 15.5. The Balaban J connectivity index is 0.793. The lowest BCUT2D eigenvalue weighted by Crippen LogP contribution is -2.55. The van der Waals surface area contributed by atoms with Gasteiger partial charge in [0.15, 0.2) is 17.5 Å². The van der Waals surface area contributed by atoms with Crippen molar-refractivity contribution in [2.45, 2.75) is 68.6 Å². The van der Waals surface area contributed by atoms with E-state index >= 15 is 0 Å². The molecule has 4 nitrogen and oxygen atoms in total. The van der Waals surface area contributed by atoms with Crippen LogP contribution < -0.4 is 0 Å². The van der Waals surface area contributed by atoms with Crippen LogP contribution in [0.4, 0.5) is 0 Å². The minimum Gasteiger partial charge on any atom is -0.208 e. The van der Waals surface area contributed by atoms with Crippen LogP contribution in [0.15, 0.2) is 182 Å². The molecule has 14 rings (SSSR count). The lowest BCUT2D eigenvalue weighted by Gasteiger charge is -2.63. The van der Waals surface area contributed by atoms with Crippen LogP contribution in [0.2, 0.25) is 0 Å². The molecule has 0 spiro atoms. The molecule has 5 aliphatic carbocycles. The highest BCUT2D eigenvalue weighted by atomic mass is 15.0. The first-order valence-electron chi connectivity index (χ1n) is 24.1. The first kappa shape index (κ1) is 39.8. The highest BCUT2D eigenvalue weighted by molar-refractivity contribution is 6.00. The molecule has 1 heterocycles. The fraction of sp³-hybridized carbons (Fsp3) is 0.206. The third-order valence-electron chi connectivity index (χ3n) is 16.4. The second-order valence-electron chi connectivity index (χ2n) is 20.7. The molecule has 0 N–H and O–H groups in total. The molecule has 9 aromatic rings. The second kappa shape index (κ2) is 15.0. The van der Waals surface area contributed by atoms with Crippen molar-refractivity contribution in [3.8, 4) is 73.6 Å². The molecule has 2 atom stereocenters. The molecule has 4 bridgehead atoms.